The summed E-state index contributed by atoms with van der Waals surface area (Å²) >= 11 is 0. The third-order valence-corrected chi connectivity index (χ3v) is 5.33. The summed E-state index contributed by atoms with van der Waals surface area (Å²) in [5.74, 6) is 1.68. The van der Waals surface area contributed by atoms with Gasteiger partial charge in [0.25, 0.3) is 5.91 Å². The van der Waals surface area contributed by atoms with Crippen LogP contribution in [-0.4, -0.2) is 21.8 Å². The first kappa shape index (κ1) is 18.4. The van der Waals surface area contributed by atoms with Crippen molar-refractivity contribution in [1.82, 2.24) is 9.88 Å². The Morgan fingerprint density at radius 3 is 2.60 bits per heavy atom. The lowest BCUT2D eigenvalue weighted by atomic mass is 10.1. The van der Waals surface area contributed by atoms with Crippen LogP contribution in [0.2, 0.25) is 0 Å². The van der Waals surface area contributed by atoms with E-state index in [-0.39, 0.29) is 18.6 Å². The number of carbonyl (C=O) groups excluding carboxylic acids is 1. The number of nitrogens with zero attached hydrogens (tertiary/aromatic N) is 2. The number of hydrogen-bond acceptors (Lipinski definition) is 4. The smallest absolute Gasteiger partial charge is 0.290 e. The van der Waals surface area contributed by atoms with Crippen molar-refractivity contribution < 1.29 is 13.9 Å². The van der Waals surface area contributed by atoms with Crippen LogP contribution < -0.4 is 4.74 Å². The molecule has 0 bridgehead atoms. The molecule has 1 aliphatic carbocycles. The summed E-state index contributed by atoms with van der Waals surface area (Å²) in [4.78, 5) is 19.0. The van der Waals surface area contributed by atoms with Gasteiger partial charge < -0.3 is 14.1 Å². The molecule has 0 atom stereocenters. The molecule has 1 aliphatic rings. The van der Waals surface area contributed by atoms with Gasteiger partial charge in [-0.05, 0) is 65.6 Å². The molecular weight excluding hydrogens is 376 g/mol. The molecule has 5 rings (SSSR count). The molecule has 30 heavy (non-hydrogen) atoms. The number of hydrogen-bond donors (Lipinski definition) is 0. The second kappa shape index (κ2) is 8.03. The van der Waals surface area contributed by atoms with Crippen LogP contribution in [0.15, 0.2) is 83.5 Å². The van der Waals surface area contributed by atoms with Crippen LogP contribution in [0, 0.1) is 0 Å². The van der Waals surface area contributed by atoms with Crippen molar-refractivity contribution >= 4 is 16.7 Å². The summed E-state index contributed by atoms with van der Waals surface area (Å²) in [6.07, 6.45) is 5.57. The summed E-state index contributed by atoms with van der Waals surface area (Å²) in [6, 6.07) is 21.9. The fourth-order valence-corrected chi connectivity index (χ4v) is 3.56. The van der Waals surface area contributed by atoms with E-state index < -0.39 is 0 Å². The van der Waals surface area contributed by atoms with E-state index >= 15 is 0 Å². The minimum absolute atomic E-state index is 0.0775. The van der Waals surface area contributed by atoms with Crippen molar-refractivity contribution in [2.75, 3.05) is 0 Å². The molecule has 1 saturated carbocycles. The van der Waals surface area contributed by atoms with E-state index in [1.165, 1.54) is 5.39 Å². The van der Waals surface area contributed by atoms with Gasteiger partial charge in [0.05, 0.1) is 0 Å². The van der Waals surface area contributed by atoms with E-state index in [1.807, 2.05) is 53.4 Å². The average Bonchev–Trinajstić information content (AvgIpc) is 3.53. The Labute approximate surface area is 174 Å². The van der Waals surface area contributed by atoms with Gasteiger partial charge in [0.2, 0.25) is 0 Å². The summed E-state index contributed by atoms with van der Waals surface area (Å²) < 4.78 is 11.7. The van der Waals surface area contributed by atoms with E-state index in [0.717, 1.165) is 29.5 Å². The highest BCUT2D eigenvalue weighted by molar-refractivity contribution is 5.92. The minimum Gasteiger partial charge on any atom is -0.486 e. The molecule has 1 fully saturated rings. The van der Waals surface area contributed by atoms with Crippen LogP contribution in [0.25, 0.3) is 10.8 Å². The second-order valence-corrected chi connectivity index (χ2v) is 7.58. The molecule has 0 aliphatic heterocycles. The highest BCUT2D eigenvalue weighted by atomic mass is 16.5. The molecule has 0 saturated heterocycles. The predicted octanol–water partition coefficient (Wildman–Crippen LogP) is 5.21. The third-order valence-electron chi connectivity index (χ3n) is 5.33. The van der Waals surface area contributed by atoms with Gasteiger partial charge in [-0.3, -0.25) is 9.78 Å². The highest BCUT2D eigenvalue weighted by Gasteiger charge is 2.34. The first-order valence-electron chi connectivity index (χ1n) is 10.2. The fourth-order valence-electron chi connectivity index (χ4n) is 3.56. The average molecular weight is 398 g/mol. The zero-order valence-electron chi connectivity index (χ0n) is 16.5. The van der Waals surface area contributed by atoms with E-state index in [0.29, 0.717) is 18.1 Å². The van der Waals surface area contributed by atoms with Crippen molar-refractivity contribution in [3.8, 4) is 5.75 Å². The Kier molecular flexibility index (Phi) is 4.93. The zero-order chi connectivity index (χ0) is 20.3. The topological polar surface area (TPSA) is 55.6 Å². The lowest BCUT2D eigenvalue weighted by molar-refractivity contribution is 0.0693. The number of furan rings is 1. The Bertz CT molecular complexity index is 1170. The number of carbonyl (C=O) groups is 1. The van der Waals surface area contributed by atoms with Crippen LogP contribution in [0.5, 0.6) is 5.75 Å². The van der Waals surface area contributed by atoms with Crippen LogP contribution in [0.3, 0.4) is 0 Å². The number of fused-ring (bicyclic) bond motifs is 1. The molecule has 4 aromatic rings. The molecular formula is C25H22N2O3. The number of ether oxygens (including phenoxy) is 1. The van der Waals surface area contributed by atoms with E-state index in [4.69, 9.17) is 9.15 Å². The van der Waals surface area contributed by atoms with Crippen LogP contribution in [-0.2, 0) is 13.2 Å². The van der Waals surface area contributed by atoms with Crippen molar-refractivity contribution in [1.29, 1.82) is 0 Å². The van der Waals surface area contributed by atoms with Crippen LogP contribution >= 0.6 is 0 Å². The molecule has 0 N–H and O–H groups in total. The number of rotatable bonds is 7. The Morgan fingerprint density at radius 2 is 1.80 bits per heavy atom. The van der Waals surface area contributed by atoms with E-state index in [1.54, 1.807) is 18.5 Å². The van der Waals surface area contributed by atoms with Gasteiger partial charge in [0, 0.05) is 25.0 Å². The lowest BCUT2D eigenvalue weighted by Crippen LogP contribution is -2.32. The van der Waals surface area contributed by atoms with Crippen LogP contribution in [0.1, 0.15) is 34.7 Å². The van der Waals surface area contributed by atoms with Crippen molar-refractivity contribution in [3.05, 3.63) is 96.2 Å². The molecule has 1 amide bonds. The first-order valence-corrected chi connectivity index (χ1v) is 10.2. The van der Waals surface area contributed by atoms with Crippen molar-refractivity contribution in [2.24, 2.45) is 0 Å². The van der Waals surface area contributed by atoms with E-state index in [2.05, 4.69) is 17.1 Å². The number of pyridine rings is 1. The third kappa shape index (κ3) is 4.06. The summed E-state index contributed by atoms with van der Waals surface area (Å²) in [6.45, 7) is 0.842. The van der Waals surface area contributed by atoms with Crippen LogP contribution in [0.4, 0.5) is 0 Å². The SMILES string of the molecule is O=C(c1ccc(COc2ccc3ccccc3c2)o1)N(Cc1ccncc1)C1CC1. The first-order chi connectivity index (χ1) is 14.8. The Morgan fingerprint density at radius 1 is 1.00 bits per heavy atom. The molecule has 0 radical (unpaired) electrons. The molecule has 0 spiro atoms. The lowest BCUT2D eigenvalue weighted by Gasteiger charge is -2.21. The molecule has 2 aromatic heterocycles. The zero-order valence-corrected chi connectivity index (χ0v) is 16.5. The number of benzene rings is 2. The maximum atomic E-state index is 13.0. The molecule has 2 aromatic carbocycles. The Hall–Kier alpha value is -3.60. The normalized spacial score (nSPS) is 13.3. The monoisotopic (exact) mass is 398 g/mol. The van der Waals surface area contributed by atoms with E-state index in [9.17, 15) is 4.79 Å². The highest BCUT2D eigenvalue weighted by Crippen LogP contribution is 2.30. The van der Waals surface area contributed by atoms with Crippen molar-refractivity contribution in [3.63, 3.8) is 0 Å². The maximum Gasteiger partial charge on any atom is 0.290 e. The largest absolute Gasteiger partial charge is 0.486 e. The van der Waals surface area contributed by atoms with Gasteiger partial charge in [-0.15, -0.1) is 0 Å². The van der Waals surface area contributed by atoms with Gasteiger partial charge in [-0.25, -0.2) is 0 Å². The summed E-state index contributed by atoms with van der Waals surface area (Å²) in [7, 11) is 0. The fraction of sp³-hybridized carbons (Fsp3) is 0.200. The van der Waals surface area contributed by atoms with Gasteiger partial charge in [0.15, 0.2) is 5.76 Å². The molecule has 5 nitrogen and oxygen atoms in total. The van der Waals surface area contributed by atoms with Crippen molar-refractivity contribution in [2.45, 2.75) is 32.0 Å². The summed E-state index contributed by atoms with van der Waals surface area (Å²) in [5, 5.41) is 2.30. The summed E-state index contributed by atoms with van der Waals surface area (Å²) in [5.41, 5.74) is 1.07. The molecule has 150 valence electrons. The van der Waals surface area contributed by atoms with Gasteiger partial charge in [-0.1, -0.05) is 30.3 Å². The number of amides is 1. The second-order valence-electron chi connectivity index (χ2n) is 7.58. The molecule has 2 heterocycles. The molecule has 5 heteroatoms. The predicted molar refractivity (Wildman–Crippen MR) is 114 cm³/mol. The molecule has 0 unspecified atom stereocenters. The van der Waals surface area contributed by atoms with Gasteiger partial charge in [-0.2, -0.15) is 0 Å². The Balaban J connectivity index is 1.26. The minimum atomic E-state index is -0.0775. The van der Waals surface area contributed by atoms with Gasteiger partial charge in [0.1, 0.15) is 18.1 Å². The standard InChI is InChI=1S/C25H22N2O3/c28-25(27(21-6-7-21)16-18-11-13-26-14-12-18)24-10-9-23(30-24)17-29-22-8-5-19-3-1-2-4-20(19)15-22/h1-5,8-15,21H,6-7,16-17H2. The maximum absolute atomic E-state index is 13.0. The number of aromatic nitrogens is 1. The quantitative estimate of drug-likeness (QED) is 0.429. The van der Waals surface area contributed by atoms with Gasteiger partial charge >= 0.3 is 0 Å².